The molecule has 0 bridgehead atoms. The predicted octanol–water partition coefficient (Wildman–Crippen LogP) is 5.60. The fourth-order valence-corrected chi connectivity index (χ4v) is 4.16. The van der Waals surface area contributed by atoms with Gasteiger partial charge in [-0.3, -0.25) is 0 Å². The van der Waals surface area contributed by atoms with Crippen LogP contribution in [0, 0.1) is 19.7 Å². The quantitative estimate of drug-likeness (QED) is 0.578. The number of benzene rings is 2. The first-order valence-electron chi connectivity index (χ1n) is 9.56. The summed E-state index contributed by atoms with van der Waals surface area (Å²) < 4.78 is 13.6. The summed E-state index contributed by atoms with van der Waals surface area (Å²) in [6.07, 6.45) is 1.45. The van der Waals surface area contributed by atoms with Crippen LogP contribution in [0.4, 0.5) is 10.2 Å². The van der Waals surface area contributed by atoms with Gasteiger partial charge in [0.05, 0.1) is 6.04 Å². The molecule has 1 aliphatic rings. The van der Waals surface area contributed by atoms with Gasteiger partial charge in [0, 0.05) is 29.2 Å². The minimum atomic E-state index is -0.169. The van der Waals surface area contributed by atoms with Crippen molar-refractivity contribution in [3.8, 4) is 0 Å². The second kappa shape index (κ2) is 7.51. The number of hydrogen-bond acceptors (Lipinski definition) is 3. The Labute approximate surface area is 170 Å². The van der Waals surface area contributed by atoms with E-state index in [1.807, 2.05) is 37.3 Å². The largest absolute Gasteiger partial charge is 0.349 e. The van der Waals surface area contributed by atoms with Crippen LogP contribution in [0.3, 0.4) is 0 Å². The molecule has 0 amide bonds. The van der Waals surface area contributed by atoms with Crippen molar-refractivity contribution in [3.63, 3.8) is 0 Å². The van der Waals surface area contributed by atoms with E-state index in [4.69, 9.17) is 21.6 Å². The number of rotatable bonds is 3. The molecule has 0 fully saturated rings. The number of hydrogen-bond donors (Lipinski definition) is 0. The summed E-state index contributed by atoms with van der Waals surface area (Å²) in [7, 11) is 0. The molecule has 2 heterocycles. The summed E-state index contributed by atoms with van der Waals surface area (Å²) in [6, 6.07) is 13.0. The lowest BCUT2D eigenvalue weighted by Gasteiger charge is -2.37. The molecule has 144 valence electrons. The maximum atomic E-state index is 13.6. The average Bonchev–Trinajstić information content (AvgIpc) is 2.65. The fraction of sp³-hybridized carbons (Fsp3) is 0.304. The highest BCUT2D eigenvalue weighted by Crippen LogP contribution is 2.35. The molecule has 0 radical (unpaired) electrons. The van der Waals surface area contributed by atoms with Crippen LogP contribution in [-0.2, 0) is 12.8 Å². The highest BCUT2D eigenvalue weighted by molar-refractivity contribution is 6.30. The first-order valence-corrected chi connectivity index (χ1v) is 9.93. The van der Waals surface area contributed by atoms with Crippen LogP contribution in [0.1, 0.15) is 46.7 Å². The summed E-state index contributed by atoms with van der Waals surface area (Å²) >= 11 is 6.12. The Morgan fingerprint density at radius 2 is 1.96 bits per heavy atom. The highest BCUT2D eigenvalue weighted by atomic mass is 35.5. The van der Waals surface area contributed by atoms with Crippen LogP contribution in [0.15, 0.2) is 42.5 Å². The lowest BCUT2D eigenvalue weighted by Crippen LogP contribution is -2.35. The van der Waals surface area contributed by atoms with E-state index in [0.717, 1.165) is 52.0 Å². The third-order valence-corrected chi connectivity index (χ3v) is 5.81. The number of anilines is 1. The van der Waals surface area contributed by atoms with E-state index in [1.165, 1.54) is 5.56 Å². The Bertz CT molecular complexity index is 1030. The normalized spacial score (nSPS) is 16.2. The molecule has 3 nitrogen and oxygen atoms in total. The van der Waals surface area contributed by atoms with Gasteiger partial charge >= 0.3 is 0 Å². The summed E-state index contributed by atoms with van der Waals surface area (Å²) in [5.74, 6) is 1.58. The molecule has 0 aliphatic carbocycles. The molecule has 1 unspecified atom stereocenters. The van der Waals surface area contributed by atoms with Crippen LogP contribution in [-0.4, -0.2) is 16.5 Å². The molecule has 1 aromatic heterocycles. The highest BCUT2D eigenvalue weighted by Gasteiger charge is 2.27. The van der Waals surface area contributed by atoms with Gasteiger partial charge in [0.25, 0.3) is 0 Å². The molecule has 0 saturated carbocycles. The maximum absolute atomic E-state index is 13.6. The van der Waals surface area contributed by atoms with E-state index in [1.54, 1.807) is 12.1 Å². The van der Waals surface area contributed by atoms with Crippen molar-refractivity contribution in [2.45, 2.75) is 39.7 Å². The predicted molar refractivity (Wildman–Crippen MR) is 112 cm³/mol. The van der Waals surface area contributed by atoms with E-state index >= 15 is 0 Å². The standard InChI is InChI=1S/C23H23ClFN3/c1-14-15(2)26-22(12-17-5-4-6-19(24)11-17)27-23(14)28-10-9-18-13-20(25)7-8-21(18)16(28)3/h4-8,11,13,16H,9-10,12H2,1-3H3. The number of aryl methyl sites for hydroxylation is 1. The number of aromatic nitrogens is 2. The molecule has 2 aromatic carbocycles. The molecule has 1 aliphatic heterocycles. The summed E-state index contributed by atoms with van der Waals surface area (Å²) in [5.41, 5.74) is 5.42. The van der Waals surface area contributed by atoms with Crippen molar-refractivity contribution >= 4 is 17.4 Å². The van der Waals surface area contributed by atoms with E-state index < -0.39 is 0 Å². The summed E-state index contributed by atoms with van der Waals surface area (Å²) in [4.78, 5) is 11.9. The monoisotopic (exact) mass is 395 g/mol. The molecule has 3 aromatic rings. The molecule has 0 spiro atoms. The summed E-state index contributed by atoms with van der Waals surface area (Å²) in [5, 5.41) is 0.718. The Morgan fingerprint density at radius 1 is 1.14 bits per heavy atom. The molecular formula is C23H23ClFN3. The van der Waals surface area contributed by atoms with Crippen LogP contribution in [0.25, 0.3) is 0 Å². The first-order chi connectivity index (χ1) is 13.4. The Hall–Kier alpha value is -2.46. The minimum absolute atomic E-state index is 0.136. The lowest BCUT2D eigenvalue weighted by atomic mass is 9.93. The average molecular weight is 396 g/mol. The third-order valence-electron chi connectivity index (χ3n) is 5.58. The Morgan fingerprint density at radius 3 is 2.75 bits per heavy atom. The van der Waals surface area contributed by atoms with Crippen molar-refractivity contribution in [2.24, 2.45) is 0 Å². The van der Waals surface area contributed by atoms with Gasteiger partial charge in [0.1, 0.15) is 17.5 Å². The van der Waals surface area contributed by atoms with Crippen molar-refractivity contribution in [3.05, 3.63) is 87.1 Å². The van der Waals surface area contributed by atoms with E-state index in [2.05, 4.69) is 18.7 Å². The van der Waals surface area contributed by atoms with Crippen LogP contribution >= 0.6 is 11.6 Å². The van der Waals surface area contributed by atoms with Crippen molar-refractivity contribution in [2.75, 3.05) is 11.4 Å². The van der Waals surface area contributed by atoms with Crippen LogP contribution < -0.4 is 4.90 Å². The molecule has 0 N–H and O–H groups in total. The van der Waals surface area contributed by atoms with Crippen molar-refractivity contribution < 1.29 is 4.39 Å². The maximum Gasteiger partial charge on any atom is 0.136 e. The van der Waals surface area contributed by atoms with Crippen molar-refractivity contribution in [1.29, 1.82) is 0 Å². The van der Waals surface area contributed by atoms with Gasteiger partial charge in [-0.15, -0.1) is 0 Å². The summed E-state index contributed by atoms with van der Waals surface area (Å²) in [6.45, 7) is 7.07. The Balaban J connectivity index is 1.69. The van der Waals surface area contributed by atoms with Crippen LogP contribution in [0.2, 0.25) is 5.02 Å². The molecule has 28 heavy (non-hydrogen) atoms. The van der Waals surface area contributed by atoms with Crippen LogP contribution in [0.5, 0.6) is 0 Å². The zero-order chi connectivity index (χ0) is 19.8. The van der Waals surface area contributed by atoms with Gasteiger partial charge in [0.15, 0.2) is 0 Å². The lowest BCUT2D eigenvalue weighted by molar-refractivity contribution is 0.591. The topological polar surface area (TPSA) is 29.0 Å². The van der Waals surface area contributed by atoms with E-state index in [-0.39, 0.29) is 11.9 Å². The zero-order valence-electron chi connectivity index (χ0n) is 16.3. The van der Waals surface area contributed by atoms with Gasteiger partial charge in [-0.05, 0) is 68.1 Å². The van der Waals surface area contributed by atoms with Gasteiger partial charge in [-0.2, -0.15) is 0 Å². The second-order valence-electron chi connectivity index (χ2n) is 7.44. The molecular weight excluding hydrogens is 373 g/mol. The molecule has 1 atom stereocenters. The van der Waals surface area contributed by atoms with E-state index in [9.17, 15) is 4.39 Å². The van der Waals surface area contributed by atoms with Crippen molar-refractivity contribution in [1.82, 2.24) is 9.97 Å². The molecule has 0 saturated heterocycles. The van der Waals surface area contributed by atoms with Gasteiger partial charge in [-0.1, -0.05) is 29.8 Å². The number of nitrogens with zero attached hydrogens (tertiary/aromatic N) is 3. The number of fused-ring (bicyclic) bond motifs is 1. The zero-order valence-corrected chi connectivity index (χ0v) is 17.1. The minimum Gasteiger partial charge on any atom is -0.349 e. The fourth-order valence-electron chi connectivity index (χ4n) is 3.95. The third kappa shape index (κ3) is 3.61. The second-order valence-corrected chi connectivity index (χ2v) is 7.88. The number of halogens is 2. The van der Waals surface area contributed by atoms with Gasteiger partial charge < -0.3 is 4.90 Å². The molecule has 5 heteroatoms. The Kier molecular flexibility index (Phi) is 5.07. The van der Waals surface area contributed by atoms with Gasteiger partial charge in [-0.25, -0.2) is 14.4 Å². The van der Waals surface area contributed by atoms with Gasteiger partial charge in [0.2, 0.25) is 0 Å². The smallest absolute Gasteiger partial charge is 0.136 e. The van der Waals surface area contributed by atoms with E-state index in [0.29, 0.717) is 6.42 Å². The first kappa shape index (κ1) is 18.9. The molecule has 4 rings (SSSR count). The SMILES string of the molecule is Cc1nc(Cc2cccc(Cl)c2)nc(N2CCc3cc(F)ccc3C2C)c1C.